The number of phenolic OH excluding ortho intramolecular Hbond substituents is 1. The Balaban J connectivity index is 2.22. The van der Waals surface area contributed by atoms with Crippen molar-refractivity contribution in [2.75, 3.05) is 6.61 Å². The van der Waals surface area contributed by atoms with Crippen LogP contribution in [0.1, 0.15) is 44.9 Å². The Morgan fingerprint density at radius 3 is 2.48 bits per heavy atom. The van der Waals surface area contributed by atoms with E-state index in [0.717, 1.165) is 27.1 Å². The maximum absolute atomic E-state index is 13.1. The van der Waals surface area contributed by atoms with Crippen molar-refractivity contribution in [3.05, 3.63) is 59.8 Å². The highest BCUT2D eigenvalue weighted by Crippen LogP contribution is 2.44. The second kappa shape index (κ2) is 8.54. The van der Waals surface area contributed by atoms with Gasteiger partial charge in [0.2, 0.25) is 0 Å². The van der Waals surface area contributed by atoms with E-state index in [1.165, 1.54) is 0 Å². The van der Waals surface area contributed by atoms with Gasteiger partial charge < -0.3 is 14.4 Å². The number of esters is 1. The van der Waals surface area contributed by atoms with Gasteiger partial charge in [-0.15, -0.1) is 11.8 Å². The number of aromatic nitrogens is 1. The second-order valence-corrected chi connectivity index (χ2v) is 10.0. The number of hydrogen-bond donors (Lipinski definition) is 1. The van der Waals surface area contributed by atoms with Crippen molar-refractivity contribution in [2.45, 2.75) is 49.7 Å². The molecule has 0 saturated carbocycles. The van der Waals surface area contributed by atoms with Gasteiger partial charge in [0.1, 0.15) is 11.7 Å². The van der Waals surface area contributed by atoms with E-state index < -0.39 is 5.92 Å². The zero-order valence-corrected chi connectivity index (χ0v) is 18.5. The minimum Gasteiger partial charge on any atom is -0.508 e. The fraction of sp³-hybridized carbons (Fsp3) is 0.375. The van der Waals surface area contributed by atoms with Crippen LogP contribution < -0.4 is 0 Å². The van der Waals surface area contributed by atoms with Gasteiger partial charge in [0.05, 0.1) is 6.61 Å². The number of rotatable bonds is 6. The Bertz CT molecular complexity index is 1000. The van der Waals surface area contributed by atoms with E-state index in [-0.39, 0.29) is 16.5 Å². The molecule has 29 heavy (non-hydrogen) atoms. The molecule has 0 aliphatic rings. The van der Waals surface area contributed by atoms with Gasteiger partial charge in [-0.05, 0) is 37.1 Å². The normalized spacial score (nSPS) is 12.9. The highest BCUT2D eigenvalue weighted by Gasteiger charge is 2.32. The number of aryl methyl sites for hydroxylation is 1. The van der Waals surface area contributed by atoms with Crippen LogP contribution in [0.3, 0.4) is 0 Å². The molecule has 1 heterocycles. The summed E-state index contributed by atoms with van der Waals surface area (Å²) in [4.78, 5) is 14.1. The Kier molecular flexibility index (Phi) is 6.27. The zero-order valence-electron chi connectivity index (χ0n) is 17.7. The standard InChI is InChI=1S/C24H29NO3S/c1-6-28-23(27)19(14-16-10-8-7-9-11-16)21-22(29-24(2,3)4)18-15-17(26)12-13-20(18)25(21)5/h7-13,15,19,26H,6,14H2,1-5H3. The lowest BCUT2D eigenvalue weighted by atomic mass is 9.96. The molecule has 0 aliphatic carbocycles. The Hall–Kier alpha value is -2.40. The summed E-state index contributed by atoms with van der Waals surface area (Å²) in [6.07, 6.45) is 0.563. The van der Waals surface area contributed by atoms with Crippen LogP contribution in [0.2, 0.25) is 0 Å². The Morgan fingerprint density at radius 1 is 1.17 bits per heavy atom. The molecule has 0 bridgehead atoms. The summed E-state index contributed by atoms with van der Waals surface area (Å²) in [6, 6.07) is 15.4. The summed E-state index contributed by atoms with van der Waals surface area (Å²) < 4.78 is 7.50. The molecule has 1 atom stereocenters. The molecule has 2 aromatic carbocycles. The molecule has 4 nitrogen and oxygen atoms in total. The molecule has 0 spiro atoms. The number of benzene rings is 2. The third-order valence-electron chi connectivity index (χ3n) is 4.77. The van der Waals surface area contributed by atoms with Gasteiger partial charge in [-0.3, -0.25) is 4.79 Å². The number of aromatic hydroxyl groups is 1. The molecule has 1 unspecified atom stereocenters. The van der Waals surface area contributed by atoms with Gasteiger partial charge >= 0.3 is 5.97 Å². The number of hydrogen-bond acceptors (Lipinski definition) is 4. The molecule has 0 amide bonds. The average Bonchev–Trinajstić information content (AvgIpc) is 2.90. The summed E-state index contributed by atoms with van der Waals surface area (Å²) in [5, 5.41) is 11.1. The van der Waals surface area contributed by atoms with Gasteiger partial charge in [0.25, 0.3) is 0 Å². The average molecular weight is 412 g/mol. The van der Waals surface area contributed by atoms with Crippen molar-refractivity contribution >= 4 is 28.6 Å². The summed E-state index contributed by atoms with van der Waals surface area (Å²) in [6.45, 7) is 8.64. The van der Waals surface area contributed by atoms with Gasteiger partial charge in [-0.1, -0.05) is 51.1 Å². The molecule has 5 heteroatoms. The van der Waals surface area contributed by atoms with Crippen molar-refractivity contribution < 1.29 is 14.6 Å². The largest absolute Gasteiger partial charge is 0.508 e. The lowest BCUT2D eigenvalue weighted by Gasteiger charge is -2.23. The van der Waals surface area contributed by atoms with Crippen LogP contribution in [-0.2, 0) is 23.0 Å². The maximum atomic E-state index is 13.1. The second-order valence-electron chi connectivity index (χ2n) is 8.18. The molecular formula is C24H29NO3S. The quantitative estimate of drug-likeness (QED) is 0.420. The molecule has 0 aliphatic heterocycles. The SMILES string of the molecule is CCOC(=O)C(Cc1ccccc1)c1c(SC(C)(C)C)c2cc(O)ccc2n1C. The highest BCUT2D eigenvalue weighted by atomic mass is 32.2. The number of thioether (sulfide) groups is 1. The zero-order chi connectivity index (χ0) is 21.2. The van der Waals surface area contributed by atoms with Gasteiger partial charge in [-0.2, -0.15) is 0 Å². The number of phenols is 1. The summed E-state index contributed by atoms with van der Waals surface area (Å²) in [5.41, 5.74) is 3.02. The van der Waals surface area contributed by atoms with E-state index in [1.54, 1.807) is 23.9 Å². The molecule has 1 aromatic heterocycles. The number of nitrogens with zero attached hydrogens (tertiary/aromatic N) is 1. The molecule has 154 valence electrons. The van der Waals surface area contributed by atoms with E-state index in [2.05, 4.69) is 25.3 Å². The number of carbonyl (C=O) groups excluding carboxylic acids is 1. The van der Waals surface area contributed by atoms with Crippen LogP contribution in [0.5, 0.6) is 5.75 Å². The molecule has 3 rings (SSSR count). The third kappa shape index (κ3) is 4.78. The van der Waals surface area contributed by atoms with Crippen molar-refractivity contribution in [1.29, 1.82) is 0 Å². The smallest absolute Gasteiger partial charge is 0.315 e. The Morgan fingerprint density at radius 2 is 1.86 bits per heavy atom. The van der Waals surface area contributed by atoms with E-state index in [9.17, 15) is 9.90 Å². The Labute approximate surface area is 176 Å². The minimum absolute atomic E-state index is 0.0551. The first-order chi connectivity index (χ1) is 13.7. The minimum atomic E-state index is -0.429. The van der Waals surface area contributed by atoms with Crippen molar-refractivity contribution in [2.24, 2.45) is 7.05 Å². The van der Waals surface area contributed by atoms with Crippen LogP contribution >= 0.6 is 11.8 Å². The predicted octanol–water partition coefficient (Wildman–Crippen LogP) is 5.66. The molecule has 0 radical (unpaired) electrons. The molecule has 0 saturated heterocycles. The van der Waals surface area contributed by atoms with Crippen LogP contribution in [-0.4, -0.2) is 27.0 Å². The molecule has 1 N–H and O–H groups in total. The first-order valence-corrected chi connectivity index (χ1v) is 10.7. The summed E-state index contributed by atoms with van der Waals surface area (Å²) in [7, 11) is 1.98. The fourth-order valence-corrected chi connectivity index (χ4v) is 4.88. The first kappa shape index (κ1) is 21.3. The molecule has 3 aromatic rings. The third-order valence-corrected chi connectivity index (χ3v) is 6.02. The molecule has 0 fully saturated rings. The topological polar surface area (TPSA) is 51.5 Å². The first-order valence-electron chi connectivity index (χ1n) is 9.92. The van der Waals surface area contributed by atoms with Gasteiger partial charge in [-0.25, -0.2) is 0 Å². The van der Waals surface area contributed by atoms with Gasteiger partial charge in [0, 0.05) is 33.3 Å². The van der Waals surface area contributed by atoms with E-state index in [0.29, 0.717) is 13.0 Å². The van der Waals surface area contributed by atoms with E-state index >= 15 is 0 Å². The van der Waals surface area contributed by atoms with Crippen LogP contribution in [0.15, 0.2) is 53.4 Å². The van der Waals surface area contributed by atoms with Gasteiger partial charge in [0.15, 0.2) is 0 Å². The lowest BCUT2D eigenvalue weighted by molar-refractivity contribution is -0.145. The van der Waals surface area contributed by atoms with E-state index in [1.807, 2.05) is 50.4 Å². The van der Waals surface area contributed by atoms with Crippen molar-refractivity contribution in [3.8, 4) is 5.75 Å². The van der Waals surface area contributed by atoms with Crippen molar-refractivity contribution in [3.63, 3.8) is 0 Å². The maximum Gasteiger partial charge on any atom is 0.315 e. The van der Waals surface area contributed by atoms with Crippen LogP contribution in [0.25, 0.3) is 10.9 Å². The van der Waals surface area contributed by atoms with E-state index in [4.69, 9.17) is 4.74 Å². The molecular weight excluding hydrogens is 382 g/mol. The number of carbonyl (C=O) groups is 1. The highest BCUT2D eigenvalue weighted by molar-refractivity contribution is 8.00. The summed E-state index contributed by atoms with van der Waals surface area (Å²) >= 11 is 1.72. The van der Waals surface area contributed by atoms with Crippen LogP contribution in [0.4, 0.5) is 0 Å². The van der Waals surface area contributed by atoms with Crippen LogP contribution in [0, 0.1) is 0 Å². The summed E-state index contributed by atoms with van der Waals surface area (Å²) in [5.74, 6) is -0.426. The number of ether oxygens (including phenoxy) is 1. The number of fused-ring (bicyclic) bond motifs is 1. The lowest BCUT2D eigenvalue weighted by Crippen LogP contribution is -2.22. The van der Waals surface area contributed by atoms with Crippen molar-refractivity contribution in [1.82, 2.24) is 4.57 Å². The monoisotopic (exact) mass is 411 g/mol. The predicted molar refractivity (Wildman–Crippen MR) is 120 cm³/mol. The fourth-order valence-electron chi connectivity index (χ4n) is 3.61.